The number of hydrogen-bond donors (Lipinski definition) is 0. The van der Waals surface area contributed by atoms with Gasteiger partial charge in [-0.1, -0.05) is 12.1 Å². The van der Waals surface area contributed by atoms with Crippen molar-refractivity contribution in [3.05, 3.63) is 58.7 Å². The SMILES string of the molecule is COC(=O)CC1c2ccc(OC)cc2CCc2cc(OC)ccc21. The summed E-state index contributed by atoms with van der Waals surface area (Å²) in [5.41, 5.74) is 4.78. The fraction of sp³-hybridized carbons (Fsp3) is 0.350. The van der Waals surface area contributed by atoms with E-state index < -0.39 is 0 Å². The summed E-state index contributed by atoms with van der Waals surface area (Å²) in [4.78, 5) is 12.0. The summed E-state index contributed by atoms with van der Waals surface area (Å²) in [5.74, 6) is 1.47. The molecule has 4 heteroatoms. The van der Waals surface area contributed by atoms with E-state index in [-0.39, 0.29) is 11.9 Å². The molecule has 1 aliphatic rings. The predicted molar refractivity (Wildman–Crippen MR) is 91.9 cm³/mol. The molecule has 2 aromatic carbocycles. The summed E-state index contributed by atoms with van der Waals surface area (Å²) in [6, 6.07) is 12.2. The number of methoxy groups -OCH3 is 3. The lowest BCUT2D eigenvalue weighted by atomic mass is 9.85. The van der Waals surface area contributed by atoms with E-state index in [0.29, 0.717) is 6.42 Å². The Bertz CT molecular complexity index is 696. The molecule has 0 heterocycles. The van der Waals surface area contributed by atoms with Gasteiger partial charge in [0.1, 0.15) is 11.5 Å². The molecule has 0 atom stereocenters. The molecule has 0 N–H and O–H groups in total. The van der Waals surface area contributed by atoms with Crippen LogP contribution in [0.1, 0.15) is 34.6 Å². The minimum absolute atomic E-state index is 0.0123. The van der Waals surface area contributed by atoms with Crippen LogP contribution in [-0.4, -0.2) is 27.3 Å². The molecule has 0 saturated carbocycles. The van der Waals surface area contributed by atoms with Crippen LogP contribution in [0, 0.1) is 0 Å². The number of hydrogen-bond acceptors (Lipinski definition) is 4. The fourth-order valence-corrected chi connectivity index (χ4v) is 3.44. The first kappa shape index (κ1) is 16.4. The molecule has 0 unspecified atom stereocenters. The molecule has 1 aliphatic carbocycles. The van der Waals surface area contributed by atoms with Crippen molar-refractivity contribution in [1.29, 1.82) is 0 Å². The molecule has 0 saturated heterocycles. The molecule has 0 aliphatic heterocycles. The third-order valence-electron chi connectivity index (χ3n) is 4.71. The number of benzene rings is 2. The van der Waals surface area contributed by atoms with Crippen molar-refractivity contribution in [3.63, 3.8) is 0 Å². The highest BCUT2D eigenvalue weighted by Gasteiger charge is 2.26. The van der Waals surface area contributed by atoms with Crippen LogP contribution in [0.25, 0.3) is 0 Å². The van der Waals surface area contributed by atoms with Crippen molar-refractivity contribution in [1.82, 2.24) is 0 Å². The van der Waals surface area contributed by atoms with E-state index in [1.807, 2.05) is 12.1 Å². The molecule has 0 spiro atoms. The van der Waals surface area contributed by atoms with Gasteiger partial charge in [-0.25, -0.2) is 0 Å². The second-order valence-electron chi connectivity index (χ2n) is 5.96. The molecule has 0 radical (unpaired) electrons. The molecule has 3 rings (SSSR count). The van der Waals surface area contributed by atoms with E-state index in [2.05, 4.69) is 24.3 Å². The lowest BCUT2D eigenvalue weighted by Crippen LogP contribution is -2.11. The zero-order valence-electron chi connectivity index (χ0n) is 14.3. The van der Waals surface area contributed by atoms with Gasteiger partial charge in [0.15, 0.2) is 0 Å². The maximum Gasteiger partial charge on any atom is 0.306 e. The Kier molecular flexibility index (Phi) is 4.74. The van der Waals surface area contributed by atoms with Crippen LogP contribution >= 0.6 is 0 Å². The van der Waals surface area contributed by atoms with Gasteiger partial charge in [0.25, 0.3) is 0 Å². The van der Waals surface area contributed by atoms with E-state index in [4.69, 9.17) is 14.2 Å². The maximum atomic E-state index is 12.0. The van der Waals surface area contributed by atoms with Gasteiger partial charge < -0.3 is 14.2 Å². The Morgan fingerprint density at radius 3 is 1.83 bits per heavy atom. The Balaban J connectivity index is 2.11. The molecule has 4 nitrogen and oxygen atoms in total. The summed E-state index contributed by atoms with van der Waals surface area (Å²) in [6.45, 7) is 0. The highest BCUT2D eigenvalue weighted by molar-refractivity contribution is 5.72. The van der Waals surface area contributed by atoms with Gasteiger partial charge >= 0.3 is 5.97 Å². The molecule has 0 bridgehead atoms. The number of ether oxygens (including phenoxy) is 3. The summed E-state index contributed by atoms with van der Waals surface area (Å²) < 4.78 is 15.6. The summed E-state index contributed by atoms with van der Waals surface area (Å²) >= 11 is 0. The first-order valence-electron chi connectivity index (χ1n) is 8.06. The van der Waals surface area contributed by atoms with Gasteiger partial charge in [-0.05, 0) is 59.4 Å². The number of carbonyl (C=O) groups is 1. The van der Waals surface area contributed by atoms with Crippen LogP contribution in [0.4, 0.5) is 0 Å². The minimum Gasteiger partial charge on any atom is -0.497 e. The molecule has 0 fully saturated rings. The lowest BCUT2D eigenvalue weighted by Gasteiger charge is -2.20. The third-order valence-corrected chi connectivity index (χ3v) is 4.71. The van der Waals surface area contributed by atoms with Crippen molar-refractivity contribution in [2.45, 2.75) is 25.2 Å². The van der Waals surface area contributed by atoms with Crippen LogP contribution in [-0.2, 0) is 22.4 Å². The van der Waals surface area contributed by atoms with Gasteiger partial charge in [0.05, 0.1) is 27.8 Å². The van der Waals surface area contributed by atoms with Crippen LogP contribution in [0.3, 0.4) is 0 Å². The van der Waals surface area contributed by atoms with Gasteiger partial charge in [-0.3, -0.25) is 4.79 Å². The summed E-state index contributed by atoms with van der Waals surface area (Å²) in [5, 5.41) is 0. The first-order valence-corrected chi connectivity index (χ1v) is 8.06. The quantitative estimate of drug-likeness (QED) is 0.807. The Hall–Kier alpha value is -2.49. The van der Waals surface area contributed by atoms with E-state index >= 15 is 0 Å². The van der Waals surface area contributed by atoms with Gasteiger partial charge in [-0.2, -0.15) is 0 Å². The average molecular weight is 326 g/mol. The zero-order chi connectivity index (χ0) is 17.1. The fourth-order valence-electron chi connectivity index (χ4n) is 3.44. The first-order chi connectivity index (χ1) is 11.7. The van der Waals surface area contributed by atoms with Crippen molar-refractivity contribution in [3.8, 4) is 11.5 Å². The zero-order valence-corrected chi connectivity index (χ0v) is 14.3. The highest BCUT2D eigenvalue weighted by atomic mass is 16.5. The smallest absolute Gasteiger partial charge is 0.306 e. The number of rotatable bonds is 4. The lowest BCUT2D eigenvalue weighted by molar-refractivity contribution is -0.140. The Morgan fingerprint density at radius 1 is 0.917 bits per heavy atom. The second-order valence-corrected chi connectivity index (χ2v) is 5.96. The molecular weight excluding hydrogens is 304 g/mol. The molecule has 2 aromatic rings. The molecule has 0 aromatic heterocycles. The molecule has 24 heavy (non-hydrogen) atoms. The van der Waals surface area contributed by atoms with Crippen LogP contribution in [0.15, 0.2) is 36.4 Å². The van der Waals surface area contributed by atoms with Crippen LogP contribution in [0.5, 0.6) is 11.5 Å². The average Bonchev–Trinajstić information content (AvgIpc) is 2.77. The topological polar surface area (TPSA) is 44.8 Å². The van der Waals surface area contributed by atoms with Crippen LogP contribution in [0.2, 0.25) is 0 Å². The van der Waals surface area contributed by atoms with Gasteiger partial charge in [0.2, 0.25) is 0 Å². The molecule has 126 valence electrons. The van der Waals surface area contributed by atoms with E-state index in [1.54, 1.807) is 14.2 Å². The highest BCUT2D eigenvalue weighted by Crippen LogP contribution is 2.39. The van der Waals surface area contributed by atoms with Crippen molar-refractivity contribution in [2.75, 3.05) is 21.3 Å². The van der Waals surface area contributed by atoms with Crippen molar-refractivity contribution >= 4 is 5.97 Å². The monoisotopic (exact) mass is 326 g/mol. The number of fused-ring (bicyclic) bond motifs is 2. The molecular formula is C20H22O4. The van der Waals surface area contributed by atoms with E-state index in [1.165, 1.54) is 29.4 Å². The number of carbonyl (C=O) groups excluding carboxylic acids is 1. The standard InChI is InChI=1S/C20H22O4/c1-22-15-6-8-17-13(10-15)4-5-14-11-16(23-2)7-9-18(14)19(17)12-20(21)24-3/h6-11,19H,4-5,12H2,1-3H3. The number of aryl methyl sites for hydroxylation is 2. The third kappa shape index (κ3) is 3.09. The second kappa shape index (κ2) is 6.95. The number of esters is 1. The maximum absolute atomic E-state index is 12.0. The summed E-state index contributed by atoms with van der Waals surface area (Å²) in [6.07, 6.45) is 2.14. The van der Waals surface area contributed by atoms with Crippen LogP contribution < -0.4 is 9.47 Å². The largest absolute Gasteiger partial charge is 0.497 e. The van der Waals surface area contributed by atoms with Gasteiger partial charge in [0, 0.05) is 5.92 Å². The van der Waals surface area contributed by atoms with Crippen molar-refractivity contribution < 1.29 is 19.0 Å². The summed E-state index contributed by atoms with van der Waals surface area (Å²) in [7, 11) is 4.77. The Labute approximate surface area is 142 Å². The Morgan fingerprint density at radius 2 is 1.42 bits per heavy atom. The van der Waals surface area contributed by atoms with E-state index in [9.17, 15) is 4.79 Å². The minimum atomic E-state index is -0.203. The van der Waals surface area contributed by atoms with Gasteiger partial charge in [-0.15, -0.1) is 0 Å². The van der Waals surface area contributed by atoms with Crippen molar-refractivity contribution in [2.24, 2.45) is 0 Å². The predicted octanol–water partition coefficient (Wildman–Crippen LogP) is 3.50. The molecule has 0 amide bonds. The normalized spacial score (nSPS) is 13.5. The van der Waals surface area contributed by atoms with E-state index in [0.717, 1.165) is 24.3 Å².